The number of ether oxygens (including phenoxy) is 2. The van der Waals surface area contributed by atoms with E-state index in [0.29, 0.717) is 6.61 Å². The van der Waals surface area contributed by atoms with Crippen LogP contribution in [0.25, 0.3) is 0 Å². The molecular formula is C16H19NO2. The quantitative estimate of drug-likeness (QED) is 0.893. The van der Waals surface area contributed by atoms with Crippen molar-refractivity contribution in [3.63, 3.8) is 0 Å². The highest BCUT2D eigenvalue weighted by molar-refractivity contribution is 5.34. The van der Waals surface area contributed by atoms with Gasteiger partial charge in [-0.3, -0.25) is 0 Å². The molecule has 0 heterocycles. The summed E-state index contributed by atoms with van der Waals surface area (Å²) in [5, 5.41) is 0. The van der Waals surface area contributed by atoms with Gasteiger partial charge in [0.25, 0.3) is 0 Å². The van der Waals surface area contributed by atoms with Gasteiger partial charge < -0.3 is 15.2 Å². The van der Waals surface area contributed by atoms with E-state index < -0.39 is 0 Å². The van der Waals surface area contributed by atoms with Crippen LogP contribution in [-0.2, 0) is 6.61 Å². The fourth-order valence-corrected chi connectivity index (χ4v) is 1.87. The van der Waals surface area contributed by atoms with Crippen molar-refractivity contribution in [1.82, 2.24) is 0 Å². The van der Waals surface area contributed by atoms with E-state index in [4.69, 9.17) is 15.2 Å². The number of para-hydroxylation sites is 1. The maximum atomic E-state index is 5.86. The summed E-state index contributed by atoms with van der Waals surface area (Å²) in [6.45, 7) is 2.44. The van der Waals surface area contributed by atoms with Gasteiger partial charge in [-0.2, -0.15) is 0 Å². The van der Waals surface area contributed by atoms with Gasteiger partial charge in [-0.25, -0.2) is 0 Å². The predicted octanol–water partition coefficient (Wildman–Crippen LogP) is 3.29. The van der Waals surface area contributed by atoms with Crippen LogP contribution in [0.2, 0.25) is 0 Å². The molecule has 2 aromatic rings. The summed E-state index contributed by atoms with van der Waals surface area (Å²) in [7, 11) is 1.66. The predicted molar refractivity (Wildman–Crippen MR) is 76.4 cm³/mol. The molecule has 2 aromatic carbocycles. The first-order chi connectivity index (χ1) is 9.20. The van der Waals surface area contributed by atoms with Crippen molar-refractivity contribution in [2.45, 2.75) is 19.6 Å². The molecule has 0 aromatic heterocycles. The molecule has 19 heavy (non-hydrogen) atoms. The fourth-order valence-electron chi connectivity index (χ4n) is 1.87. The molecule has 0 aliphatic carbocycles. The van der Waals surface area contributed by atoms with Crippen molar-refractivity contribution in [1.29, 1.82) is 0 Å². The molecule has 2 rings (SSSR count). The Hall–Kier alpha value is -2.00. The van der Waals surface area contributed by atoms with Gasteiger partial charge in [-0.1, -0.05) is 30.3 Å². The molecule has 0 fully saturated rings. The number of methoxy groups -OCH3 is 1. The first-order valence-corrected chi connectivity index (χ1v) is 6.31. The fraction of sp³-hybridized carbons (Fsp3) is 0.250. The topological polar surface area (TPSA) is 44.5 Å². The monoisotopic (exact) mass is 257 g/mol. The van der Waals surface area contributed by atoms with Crippen molar-refractivity contribution in [2.75, 3.05) is 7.11 Å². The molecule has 0 spiro atoms. The van der Waals surface area contributed by atoms with Gasteiger partial charge in [-0.05, 0) is 30.7 Å². The average molecular weight is 257 g/mol. The summed E-state index contributed by atoms with van der Waals surface area (Å²) in [6, 6.07) is 15.7. The third kappa shape index (κ3) is 3.48. The van der Waals surface area contributed by atoms with E-state index in [-0.39, 0.29) is 6.04 Å². The second-order valence-corrected chi connectivity index (χ2v) is 4.46. The van der Waals surface area contributed by atoms with Crippen LogP contribution in [0.3, 0.4) is 0 Å². The van der Waals surface area contributed by atoms with Gasteiger partial charge in [0.05, 0.1) is 7.11 Å². The van der Waals surface area contributed by atoms with Gasteiger partial charge in [0.1, 0.15) is 18.1 Å². The Balaban J connectivity index is 2.08. The largest absolute Gasteiger partial charge is 0.496 e. The standard InChI is InChI=1S/C16H19NO2/c1-12(17)13-7-5-8-15(10-13)19-11-14-6-3-4-9-16(14)18-2/h3-10,12H,11,17H2,1-2H3. The molecule has 0 aliphatic heterocycles. The van der Waals surface area contributed by atoms with E-state index in [1.807, 2.05) is 55.5 Å². The van der Waals surface area contributed by atoms with Crippen LogP contribution in [0.5, 0.6) is 11.5 Å². The summed E-state index contributed by atoms with van der Waals surface area (Å²) in [6.07, 6.45) is 0. The smallest absolute Gasteiger partial charge is 0.125 e. The summed E-state index contributed by atoms with van der Waals surface area (Å²) < 4.78 is 11.1. The summed E-state index contributed by atoms with van der Waals surface area (Å²) >= 11 is 0. The zero-order chi connectivity index (χ0) is 13.7. The van der Waals surface area contributed by atoms with Crippen molar-refractivity contribution in [3.05, 3.63) is 59.7 Å². The highest BCUT2D eigenvalue weighted by Crippen LogP contribution is 2.22. The zero-order valence-electron chi connectivity index (χ0n) is 11.3. The average Bonchev–Trinajstić information content (AvgIpc) is 2.45. The van der Waals surface area contributed by atoms with E-state index in [2.05, 4.69) is 0 Å². The van der Waals surface area contributed by atoms with Gasteiger partial charge >= 0.3 is 0 Å². The molecule has 1 atom stereocenters. The minimum Gasteiger partial charge on any atom is -0.496 e. The summed E-state index contributed by atoms with van der Waals surface area (Å²) in [4.78, 5) is 0. The highest BCUT2D eigenvalue weighted by atomic mass is 16.5. The van der Waals surface area contributed by atoms with Crippen LogP contribution >= 0.6 is 0 Å². The number of nitrogens with two attached hydrogens (primary N) is 1. The Morgan fingerprint density at radius 1 is 1.11 bits per heavy atom. The minimum atomic E-state index is 0.00908. The first kappa shape index (κ1) is 13.4. The molecule has 0 bridgehead atoms. The minimum absolute atomic E-state index is 0.00908. The normalized spacial score (nSPS) is 11.9. The SMILES string of the molecule is COc1ccccc1COc1cccc(C(C)N)c1. The Morgan fingerprint density at radius 3 is 2.63 bits per heavy atom. The third-order valence-corrected chi connectivity index (χ3v) is 2.97. The van der Waals surface area contributed by atoms with Gasteiger partial charge in [-0.15, -0.1) is 0 Å². The first-order valence-electron chi connectivity index (χ1n) is 6.31. The molecule has 100 valence electrons. The van der Waals surface area contributed by atoms with Crippen LogP contribution in [0, 0.1) is 0 Å². The molecular weight excluding hydrogens is 238 g/mol. The van der Waals surface area contributed by atoms with Crippen molar-refractivity contribution in [2.24, 2.45) is 5.73 Å². The maximum Gasteiger partial charge on any atom is 0.125 e. The van der Waals surface area contributed by atoms with Crippen LogP contribution in [0.1, 0.15) is 24.1 Å². The highest BCUT2D eigenvalue weighted by Gasteiger charge is 2.04. The van der Waals surface area contributed by atoms with Crippen LogP contribution in [0.15, 0.2) is 48.5 Å². The lowest BCUT2D eigenvalue weighted by Gasteiger charge is -2.12. The third-order valence-electron chi connectivity index (χ3n) is 2.97. The number of hydrogen-bond acceptors (Lipinski definition) is 3. The Labute approximate surface area is 114 Å². The van der Waals surface area contributed by atoms with Crippen molar-refractivity contribution < 1.29 is 9.47 Å². The molecule has 2 N–H and O–H groups in total. The lowest BCUT2D eigenvalue weighted by Crippen LogP contribution is -2.05. The summed E-state index contributed by atoms with van der Waals surface area (Å²) in [5.74, 6) is 1.66. The van der Waals surface area contributed by atoms with Crippen molar-refractivity contribution >= 4 is 0 Å². The zero-order valence-corrected chi connectivity index (χ0v) is 11.3. The van der Waals surface area contributed by atoms with E-state index in [0.717, 1.165) is 22.6 Å². The van der Waals surface area contributed by atoms with E-state index in [1.165, 1.54) is 0 Å². The second-order valence-electron chi connectivity index (χ2n) is 4.46. The van der Waals surface area contributed by atoms with E-state index in [9.17, 15) is 0 Å². The Morgan fingerprint density at radius 2 is 1.89 bits per heavy atom. The number of rotatable bonds is 5. The van der Waals surface area contributed by atoms with Gasteiger partial charge in [0.2, 0.25) is 0 Å². The molecule has 0 saturated heterocycles. The molecule has 3 heteroatoms. The molecule has 0 amide bonds. The van der Waals surface area contributed by atoms with E-state index >= 15 is 0 Å². The summed E-state index contributed by atoms with van der Waals surface area (Å²) in [5.41, 5.74) is 7.95. The van der Waals surface area contributed by atoms with Gasteiger partial charge in [0.15, 0.2) is 0 Å². The van der Waals surface area contributed by atoms with Gasteiger partial charge in [0, 0.05) is 11.6 Å². The molecule has 0 radical (unpaired) electrons. The molecule has 0 aliphatic rings. The maximum absolute atomic E-state index is 5.86. The van der Waals surface area contributed by atoms with E-state index in [1.54, 1.807) is 7.11 Å². The lowest BCUT2D eigenvalue weighted by atomic mass is 10.1. The van der Waals surface area contributed by atoms with Crippen molar-refractivity contribution in [3.8, 4) is 11.5 Å². The molecule has 0 saturated carbocycles. The number of benzene rings is 2. The van der Waals surface area contributed by atoms with Crippen LogP contribution in [-0.4, -0.2) is 7.11 Å². The Bertz CT molecular complexity index is 538. The lowest BCUT2D eigenvalue weighted by molar-refractivity contribution is 0.296. The number of hydrogen-bond donors (Lipinski definition) is 1. The Kier molecular flexibility index (Phi) is 4.42. The second kappa shape index (κ2) is 6.25. The van der Waals surface area contributed by atoms with Crippen LogP contribution in [0.4, 0.5) is 0 Å². The molecule has 3 nitrogen and oxygen atoms in total. The van der Waals surface area contributed by atoms with Crippen LogP contribution < -0.4 is 15.2 Å². The molecule has 1 unspecified atom stereocenters.